The molecule has 0 aromatic carbocycles. The zero-order chi connectivity index (χ0) is 22.7. The first-order valence-corrected chi connectivity index (χ1v) is 14.1. The quantitative estimate of drug-likeness (QED) is 0.0461. The highest BCUT2D eigenvalue weighted by Gasteiger charge is 1.96. The molecular formula is C26H50N2OS2. The Hall–Kier alpha value is -0.380. The number of nitrogens with zero attached hydrogens (tertiary/aromatic N) is 1. The Morgan fingerprint density at radius 3 is 1.16 bits per heavy atom. The maximum atomic E-state index is 9.95. The van der Waals surface area contributed by atoms with Crippen molar-refractivity contribution in [2.45, 2.75) is 141 Å². The van der Waals surface area contributed by atoms with Gasteiger partial charge in [0.15, 0.2) is 0 Å². The highest BCUT2D eigenvalue weighted by molar-refractivity contribution is 8.11. The second kappa shape index (κ2) is 27.7. The van der Waals surface area contributed by atoms with E-state index >= 15 is 0 Å². The molecule has 0 aliphatic heterocycles. The zero-order valence-corrected chi connectivity index (χ0v) is 21.9. The van der Waals surface area contributed by atoms with Crippen LogP contribution in [-0.2, 0) is 4.79 Å². The first kappa shape index (κ1) is 30.6. The van der Waals surface area contributed by atoms with E-state index in [0.29, 0.717) is 10.9 Å². The standard InChI is InChI=1S/C26H50N2OS2/c29-25-27-23-21-19-17-15-13-11-9-7-5-3-1-2-4-6-8-10-12-14-16-18-20-22-24-28-26(30)31/h1-24H2,(H2,28,30,31). The molecule has 1 N–H and O–H groups in total. The van der Waals surface area contributed by atoms with Crippen LogP contribution in [0.4, 0.5) is 0 Å². The molecule has 0 heterocycles. The predicted octanol–water partition coefficient (Wildman–Crippen LogP) is 8.71. The van der Waals surface area contributed by atoms with E-state index in [0.717, 1.165) is 13.0 Å². The number of thiocarbonyl (C=S) groups is 1. The van der Waals surface area contributed by atoms with Crippen LogP contribution in [0.25, 0.3) is 0 Å². The average Bonchev–Trinajstić information content (AvgIpc) is 2.76. The smallest absolute Gasteiger partial charge is 0.234 e. The normalized spacial score (nSPS) is 10.7. The third kappa shape index (κ3) is 29.6. The molecule has 3 nitrogen and oxygen atoms in total. The summed E-state index contributed by atoms with van der Waals surface area (Å²) in [4.78, 5) is 13.5. The summed E-state index contributed by atoms with van der Waals surface area (Å²) in [5.41, 5.74) is 0. The van der Waals surface area contributed by atoms with Crippen LogP contribution in [0.2, 0.25) is 0 Å². The van der Waals surface area contributed by atoms with E-state index in [2.05, 4.69) is 22.9 Å². The molecule has 5 heteroatoms. The molecule has 0 radical (unpaired) electrons. The van der Waals surface area contributed by atoms with Crippen molar-refractivity contribution < 1.29 is 4.79 Å². The van der Waals surface area contributed by atoms with Crippen molar-refractivity contribution in [2.24, 2.45) is 4.99 Å². The van der Waals surface area contributed by atoms with E-state index in [-0.39, 0.29) is 0 Å². The second-order valence-corrected chi connectivity index (χ2v) is 10.1. The van der Waals surface area contributed by atoms with Gasteiger partial charge in [0, 0.05) is 6.54 Å². The van der Waals surface area contributed by atoms with E-state index in [1.54, 1.807) is 6.08 Å². The van der Waals surface area contributed by atoms with Crippen molar-refractivity contribution in [1.29, 1.82) is 0 Å². The monoisotopic (exact) mass is 470 g/mol. The molecule has 0 aromatic rings. The number of hydrogen-bond donors (Lipinski definition) is 2. The Morgan fingerprint density at radius 2 is 0.871 bits per heavy atom. The van der Waals surface area contributed by atoms with Gasteiger partial charge in [0.2, 0.25) is 6.08 Å². The van der Waals surface area contributed by atoms with Crippen molar-refractivity contribution in [1.82, 2.24) is 5.32 Å². The fraction of sp³-hybridized carbons (Fsp3) is 0.923. The van der Waals surface area contributed by atoms with Crippen molar-refractivity contribution in [3.63, 3.8) is 0 Å². The van der Waals surface area contributed by atoms with Gasteiger partial charge in [-0.25, -0.2) is 9.79 Å². The lowest BCUT2D eigenvalue weighted by atomic mass is 10.0. The van der Waals surface area contributed by atoms with Crippen molar-refractivity contribution >= 4 is 35.2 Å². The molecule has 31 heavy (non-hydrogen) atoms. The Bertz CT molecular complexity index is 402. The minimum Gasteiger partial charge on any atom is -0.371 e. The molecule has 0 rings (SSSR count). The molecule has 0 atom stereocenters. The fourth-order valence-electron chi connectivity index (χ4n) is 4.09. The summed E-state index contributed by atoms with van der Waals surface area (Å²) in [6, 6.07) is 0. The predicted molar refractivity (Wildman–Crippen MR) is 144 cm³/mol. The lowest BCUT2D eigenvalue weighted by Crippen LogP contribution is -2.17. The molecular weight excluding hydrogens is 420 g/mol. The van der Waals surface area contributed by atoms with E-state index < -0.39 is 0 Å². The SMILES string of the molecule is O=C=NCCCCCCCCCCCCCCCCCCCCCCCCNC(=S)S. The van der Waals surface area contributed by atoms with Crippen molar-refractivity contribution in [3.8, 4) is 0 Å². The van der Waals surface area contributed by atoms with Gasteiger partial charge >= 0.3 is 0 Å². The number of aliphatic imine (C=N–C) groups is 1. The lowest BCUT2D eigenvalue weighted by molar-refractivity contribution is 0.518. The molecule has 0 fully saturated rings. The summed E-state index contributed by atoms with van der Waals surface area (Å²) in [5, 5.41) is 3.10. The summed E-state index contributed by atoms with van der Waals surface area (Å²) in [6.45, 7) is 1.64. The minimum absolute atomic E-state index is 0.620. The highest BCUT2D eigenvalue weighted by Crippen LogP contribution is 2.15. The summed E-state index contributed by atoms with van der Waals surface area (Å²) >= 11 is 8.95. The van der Waals surface area contributed by atoms with Gasteiger partial charge in [-0.1, -0.05) is 141 Å². The van der Waals surface area contributed by atoms with E-state index in [1.807, 2.05) is 0 Å². The van der Waals surface area contributed by atoms with Gasteiger partial charge in [-0.2, -0.15) is 0 Å². The number of hydrogen-bond acceptors (Lipinski definition) is 3. The second-order valence-electron chi connectivity index (χ2n) is 8.98. The lowest BCUT2D eigenvalue weighted by Gasteiger charge is -2.05. The van der Waals surface area contributed by atoms with Crippen LogP contribution in [0.5, 0.6) is 0 Å². The topological polar surface area (TPSA) is 41.5 Å². The van der Waals surface area contributed by atoms with Gasteiger partial charge in [0.05, 0.1) is 6.54 Å². The maximum Gasteiger partial charge on any atom is 0.234 e. The first-order valence-electron chi connectivity index (χ1n) is 13.3. The van der Waals surface area contributed by atoms with E-state index in [9.17, 15) is 4.79 Å². The van der Waals surface area contributed by atoms with Gasteiger partial charge in [-0.05, 0) is 12.8 Å². The molecule has 0 spiro atoms. The Morgan fingerprint density at radius 1 is 0.581 bits per heavy atom. The third-order valence-electron chi connectivity index (χ3n) is 6.04. The van der Waals surface area contributed by atoms with Crippen LogP contribution in [0.1, 0.15) is 141 Å². The Balaban J connectivity index is 3.02. The molecule has 0 aliphatic carbocycles. The van der Waals surface area contributed by atoms with Gasteiger partial charge in [-0.15, -0.1) is 12.6 Å². The summed E-state index contributed by atoms with van der Waals surface area (Å²) in [5.74, 6) is 0. The Labute approximate surface area is 204 Å². The number of rotatable bonds is 25. The molecule has 0 aliphatic rings. The van der Waals surface area contributed by atoms with Crippen LogP contribution in [0.15, 0.2) is 4.99 Å². The molecule has 182 valence electrons. The van der Waals surface area contributed by atoms with Crippen molar-refractivity contribution in [2.75, 3.05) is 13.1 Å². The maximum absolute atomic E-state index is 9.95. The average molecular weight is 471 g/mol. The van der Waals surface area contributed by atoms with Crippen molar-refractivity contribution in [3.05, 3.63) is 0 Å². The van der Waals surface area contributed by atoms with Gasteiger partial charge in [-0.3, -0.25) is 0 Å². The van der Waals surface area contributed by atoms with Crippen LogP contribution in [0, 0.1) is 0 Å². The first-order chi connectivity index (χ1) is 15.3. The Kier molecular flexibility index (Phi) is 27.3. The molecule has 0 saturated heterocycles. The molecule has 0 amide bonds. The summed E-state index contributed by atoms with van der Waals surface area (Å²) in [7, 11) is 0. The number of thiol groups is 1. The molecule has 0 unspecified atom stereocenters. The number of isocyanates is 1. The van der Waals surface area contributed by atoms with E-state index in [1.165, 1.54) is 135 Å². The molecule has 0 saturated carbocycles. The zero-order valence-electron chi connectivity index (χ0n) is 20.2. The van der Waals surface area contributed by atoms with Crippen LogP contribution < -0.4 is 5.32 Å². The summed E-state index contributed by atoms with van der Waals surface area (Å²) in [6.07, 6.45) is 31.7. The largest absolute Gasteiger partial charge is 0.371 e. The van der Waals surface area contributed by atoms with Crippen LogP contribution in [0.3, 0.4) is 0 Å². The fourth-order valence-corrected chi connectivity index (χ4v) is 4.31. The number of nitrogens with one attached hydrogen (secondary N) is 1. The highest BCUT2D eigenvalue weighted by atomic mass is 32.1. The number of unbranched alkanes of at least 4 members (excludes halogenated alkanes) is 21. The molecule has 0 bridgehead atoms. The van der Waals surface area contributed by atoms with Gasteiger partial charge in [0.25, 0.3) is 0 Å². The van der Waals surface area contributed by atoms with Crippen LogP contribution >= 0.6 is 24.8 Å². The van der Waals surface area contributed by atoms with Gasteiger partial charge in [0.1, 0.15) is 4.32 Å². The van der Waals surface area contributed by atoms with E-state index in [4.69, 9.17) is 12.2 Å². The number of carbonyl (C=O) groups excluding carboxylic acids is 1. The third-order valence-corrected chi connectivity index (χ3v) is 6.34. The van der Waals surface area contributed by atoms with Gasteiger partial charge < -0.3 is 5.32 Å². The van der Waals surface area contributed by atoms with Crippen LogP contribution in [-0.4, -0.2) is 23.5 Å². The minimum atomic E-state index is 0.620. The molecule has 0 aromatic heterocycles. The summed E-state index contributed by atoms with van der Waals surface area (Å²) < 4.78 is 0.620.